The molecule has 3 rings (SSSR count). The molecule has 1 aliphatic heterocycles. The molecule has 1 heterocycles. The topological polar surface area (TPSA) is 103 Å². The van der Waals surface area contributed by atoms with E-state index in [1.54, 1.807) is 36.4 Å². The first-order valence-electron chi connectivity index (χ1n) is 9.07. The van der Waals surface area contributed by atoms with Gasteiger partial charge in [-0.2, -0.15) is 0 Å². The maximum Gasteiger partial charge on any atom is 0.319 e. The van der Waals surface area contributed by atoms with Crippen LogP contribution < -0.4 is 26.2 Å². The zero-order valence-corrected chi connectivity index (χ0v) is 15.8. The molecule has 8 nitrogen and oxygen atoms in total. The monoisotopic (exact) mass is 381 g/mol. The minimum atomic E-state index is -0.309. The van der Waals surface area contributed by atoms with Crippen LogP contribution in [0.1, 0.15) is 23.7 Å². The Hall–Kier alpha value is -3.55. The van der Waals surface area contributed by atoms with Gasteiger partial charge in [0.05, 0.1) is 11.4 Å². The van der Waals surface area contributed by atoms with E-state index >= 15 is 0 Å². The first-order chi connectivity index (χ1) is 13.5. The predicted molar refractivity (Wildman–Crippen MR) is 110 cm³/mol. The van der Waals surface area contributed by atoms with Gasteiger partial charge in [0.1, 0.15) is 0 Å². The van der Waals surface area contributed by atoms with E-state index in [1.807, 2.05) is 24.9 Å². The van der Waals surface area contributed by atoms with Crippen molar-refractivity contribution in [1.82, 2.24) is 5.32 Å². The van der Waals surface area contributed by atoms with E-state index in [0.717, 1.165) is 5.69 Å². The van der Waals surface area contributed by atoms with Crippen molar-refractivity contribution in [3.05, 3.63) is 48.0 Å². The van der Waals surface area contributed by atoms with E-state index in [2.05, 4.69) is 21.3 Å². The smallest absolute Gasteiger partial charge is 0.319 e. The average Bonchev–Trinajstić information content (AvgIpc) is 2.80. The molecule has 0 spiro atoms. The Morgan fingerprint density at radius 2 is 1.86 bits per heavy atom. The summed E-state index contributed by atoms with van der Waals surface area (Å²) in [5, 5.41) is 11.0. The summed E-state index contributed by atoms with van der Waals surface area (Å²) in [6.45, 7) is 2.97. The third-order valence-corrected chi connectivity index (χ3v) is 4.33. The summed E-state index contributed by atoms with van der Waals surface area (Å²) in [7, 11) is 1.91. The van der Waals surface area contributed by atoms with Gasteiger partial charge >= 0.3 is 6.03 Å². The van der Waals surface area contributed by atoms with Crippen molar-refractivity contribution in [2.75, 3.05) is 41.0 Å². The number of urea groups is 1. The van der Waals surface area contributed by atoms with Gasteiger partial charge in [-0.15, -0.1) is 0 Å². The molecule has 0 bridgehead atoms. The summed E-state index contributed by atoms with van der Waals surface area (Å²) >= 11 is 0. The number of amides is 4. The Labute approximate surface area is 163 Å². The van der Waals surface area contributed by atoms with Crippen molar-refractivity contribution in [1.29, 1.82) is 0 Å². The molecule has 146 valence electrons. The third kappa shape index (κ3) is 4.59. The van der Waals surface area contributed by atoms with Gasteiger partial charge in [0.2, 0.25) is 5.91 Å². The number of carbonyl (C=O) groups is 3. The number of hydrogen-bond donors (Lipinski definition) is 4. The van der Waals surface area contributed by atoms with Crippen LogP contribution >= 0.6 is 0 Å². The van der Waals surface area contributed by atoms with Gasteiger partial charge in [0.25, 0.3) is 5.91 Å². The summed E-state index contributed by atoms with van der Waals surface area (Å²) in [6, 6.07) is 11.8. The summed E-state index contributed by atoms with van der Waals surface area (Å²) in [6.07, 6.45) is 0.401. The van der Waals surface area contributed by atoms with Crippen LogP contribution in [0.5, 0.6) is 0 Å². The molecule has 0 aromatic heterocycles. The zero-order chi connectivity index (χ0) is 20.1. The van der Waals surface area contributed by atoms with Gasteiger partial charge in [0, 0.05) is 43.5 Å². The van der Waals surface area contributed by atoms with Crippen LogP contribution in [-0.2, 0) is 4.79 Å². The van der Waals surface area contributed by atoms with Crippen molar-refractivity contribution in [2.24, 2.45) is 0 Å². The number of carbonyl (C=O) groups excluding carboxylic acids is 3. The fourth-order valence-electron chi connectivity index (χ4n) is 2.93. The molecule has 28 heavy (non-hydrogen) atoms. The molecule has 0 fully saturated rings. The fraction of sp³-hybridized carbons (Fsp3) is 0.250. The number of nitrogens with zero attached hydrogens (tertiary/aromatic N) is 1. The summed E-state index contributed by atoms with van der Waals surface area (Å²) in [5.74, 6) is -0.383. The van der Waals surface area contributed by atoms with E-state index < -0.39 is 0 Å². The Balaban J connectivity index is 1.75. The summed E-state index contributed by atoms with van der Waals surface area (Å²) < 4.78 is 0. The van der Waals surface area contributed by atoms with Gasteiger partial charge in [-0.3, -0.25) is 9.59 Å². The maximum absolute atomic E-state index is 12.6. The molecule has 0 saturated carbocycles. The first kappa shape index (κ1) is 19.2. The highest BCUT2D eigenvalue weighted by Crippen LogP contribution is 2.29. The number of hydrogen-bond acceptors (Lipinski definition) is 4. The SMILES string of the molecule is CCNC(=O)Nc1cccc(NC(=O)c2ccc3c(c2)NC(=O)CCN3C)c1. The van der Waals surface area contributed by atoms with E-state index in [9.17, 15) is 14.4 Å². The molecule has 0 saturated heterocycles. The highest BCUT2D eigenvalue weighted by molar-refractivity contribution is 6.07. The first-order valence-corrected chi connectivity index (χ1v) is 9.07. The molecular weight excluding hydrogens is 358 g/mol. The second kappa shape index (κ2) is 8.43. The van der Waals surface area contributed by atoms with Gasteiger partial charge in [0.15, 0.2) is 0 Å². The van der Waals surface area contributed by atoms with Gasteiger partial charge in [-0.1, -0.05) is 6.07 Å². The largest absolute Gasteiger partial charge is 0.372 e. The zero-order valence-electron chi connectivity index (χ0n) is 15.8. The molecule has 2 aromatic rings. The number of nitrogens with one attached hydrogen (secondary N) is 4. The predicted octanol–water partition coefficient (Wildman–Crippen LogP) is 2.86. The molecule has 0 radical (unpaired) electrons. The molecule has 0 aliphatic carbocycles. The van der Waals surface area contributed by atoms with Crippen LogP contribution in [0.4, 0.5) is 27.5 Å². The second-order valence-corrected chi connectivity index (χ2v) is 6.47. The molecule has 4 amide bonds. The Bertz CT molecular complexity index is 912. The highest BCUT2D eigenvalue weighted by atomic mass is 16.2. The second-order valence-electron chi connectivity index (χ2n) is 6.47. The average molecular weight is 381 g/mol. The van der Waals surface area contributed by atoms with Gasteiger partial charge < -0.3 is 26.2 Å². The number of anilines is 4. The minimum Gasteiger partial charge on any atom is -0.372 e. The molecular formula is C20H23N5O3. The van der Waals surface area contributed by atoms with Crippen molar-refractivity contribution in [2.45, 2.75) is 13.3 Å². The maximum atomic E-state index is 12.6. The van der Waals surface area contributed by atoms with E-state index in [0.29, 0.717) is 42.1 Å². The number of benzene rings is 2. The molecule has 4 N–H and O–H groups in total. The van der Waals surface area contributed by atoms with Crippen LogP contribution in [0.2, 0.25) is 0 Å². The molecule has 8 heteroatoms. The van der Waals surface area contributed by atoms with Crippen LogP contribution in [-0.4, -0.2) is 38.0 Å². The normalized spacial score (nSPS) is 13.1. The Morgan fingerprint density at radius 3 is 2.61 bits per heavy atom. The highest BCUT2D eigenvalue weighted by Gasteiger charge is 2.18. The Kier molecular flexibility index (Phi) is 5.78. The van der Waals surface area contributed by atoms with Crippen molar-refractivity contribution in [3.63, 3.8) is 0 Å². The van der Waals surface area contributed by atoms with Crippen molar-refractivity contribution >= 4 is 40.6 Å². The lowest BCUT2D eigenvalue weighted by molar-refractivity contribution is -0.115. The van der Waals surface area contributed by atoms with Gasteiger partial charge in [-0.25, -0.2) is 4.79 Å². The van der Waals surface area contributed by atoms with Crippen molar-refractivity contribution < 1.29 is 14.4 Å². The standard InChI is InChI=1S/C20H23N5O3/c1-3-21-20(28)23-15-6-4-5-14(12-15)22-19(27)13-7-8-17-16(11-13)24-18(26)9-10-25(17)2/h4-8,11-12H,3,9-10H2,1-2H3,(H,22,27)(H,24,26)(H2,21,23,28). The van der Waals surface area contributed by atoms with Crippen LogP contribution in [0, 0.1) is 0 Å². The van der Waals surface area contributed by atoms with Gasteiger partial charge in [-0.05, 0) is 43.3 Å². The van der Waals surface area contributed by atoms with E-state index in [4.69, 9.17) is 0 Å². The van der Waals surface area contributed by atoms with E-state index in [-0.39, 0.29) is 17.8 Å². The molecule has 1 aliphatic rings. The summed E-state index contributed by atoms with van der Waals surface area (Å²) in [4.78, 5) is 38.1. The molecule has 0 unspecified atom stereocenters. The minimum absolute atomic E-state index is 0.0766. The van der Waals surface area contributed by atoms with Crippen LogP contribution in [0.3, 0.4) is 0 Å². The molecule has 2 aromatic carbocycles. The van der Waals surface area contributed by atoms with Crippen molar-refractivity contribution in [3.8, 4) is 0 Å². The van der Waals surface area contributed by atoms with Crippen LogP contribution in [0.15, 0.2) is 42.5 Å². The third-order valence-electron chi connectivity index (χ3n) is 4.33. The quantitative estimate of drug-likeness (QED) is 0.654. The molecule has 0 atom stereocenters. The number of rotatable bonds is 4. The summed E-state index contributed by atoms with van der Waals surface area (Å²) in [5.41, 5.74) is 3.03. The number of fused-ring (bicyclic) bond motifs is 1. The van der Waals surface area contributed by atoms with Crippen LogP contribution in [0.25, 0.3) is 0 Å². The van der Waals surface area contributed by atoms with E-state index in [1.165, 1.54) is 0 Å². The lowest BCUT2D eigenvalue weighted by Gasteiger charge is -2.18. The lowest BCUT2D eigenvalue weighted by atomic mass is 10.1. The fourth-order valence-corrected chi connectivity index (χ4v) is 2.93. The lowest BCUT2D eigenvalue weighted by Crippen LogP contribution is -2.28. The Morgan fingerprint density at radius 1 is 1.11 bits per heavy atom.